The second kappa shape index (κ2) is 8.96. The van der Waals surface area contributed by atoms with Gasteiger partial charge in [0.25, 0.3) is 11.6 Å². The lowest BCUT2D eigenvalue weighted by Gasteiger charge is -2.06. The molecule has 0 bridgehead atoms. The normalized spacial score (nSPS) is 11.4. The van der Waals surface area contributed by atoms with Gasteiger partial charge < -0.3 is 5.73 Å². The molecule has 4 aromatic rings. The van der Waals surface area contributed by atoms with Gasteiger partial charge in [-0.15, -0.1) is 5.10 Å². The predicted octanol–water partition coefficient (Wildman–Crippen LogP) is 2.72. The number of nitrogens with one attached hydrogen (secondary N) is 1. The Bertz CT molecular complexity index is 1360. The second-order valence-electron chi connectivity index (χ2n) is 6.62. The van der Waals surface area contributed by atoms with Gasteiger partial charge in [-0.3, -0.25) is 14.9 Å². The van der Waals surface area contributed by atoms with Crippen LogP contribution >= 0.6 is 15.9 Å². The number of anilines is 1. The summed E-state index contributed by atoms with van der Waals surface area (Å²) in [5.41, 5.74) is 9.91. The van der Waals surface area contributed by atoms with Gasteiger partial charge in [0, 0.05) is 22.2 Å². The van der Waals surface area contributed by atoms with Crippen LogP contribution in [0.2, 0.25) is 0 Å². The number of hydrogen-bond acceptors (Lipinski definition) is 10. The van der Waals surface area contributed by atoms with Crippen molar-refractivity contribution < 1.29 is 14.3 Å². The average molecular weight is 512 g/mol. The van der Waals surface area contributed by atoms with Crippen LogP contribution in [-0.2, 0) is 0 Å². The molecule has 4 rings (SSSR count). The van der Waals surface area contributed by atoms with Gasteiger partial charge in [-0.05, 0) is 47.1 Å². The highest BCUT2D eigenvalue weighted by Gasteiger charge is 2.25. The molecule has 0 saturated carbocycles. The lowest BCUT2D eigenvalue weighted by molar-refractivity contribution is -0.384. The molecule has 0 aliphatic heterocycles. The fourth-order valence-electron chi connectivity index (χ4n) is 2.86. The number of nitrogen functional groups attached to an aromatic ring is 1. The number of amides is 1. The Balaban J connectivity index is 1.72. The molecule has 2 aromatic heterocycles. The number of benzene rings is 2. The van der Waals surface area contributed by atoms with E-state index in [4.69, 9.17) is 5.73 Å². The van der Waals surface area contributed by atoms with E-state index in [1.54, 1.807) is 6.92 Å². The Kier molecular flexibility index (Phi) is 5.91. The Morgan fingerprint density at radius 2 is 1.88 bits per heavy atom. The van der Waals surface area contributed by atoms with Crippen molar-refractivity contribution in [2.45, 2.75) is 6.92 Å². The number of rotatable bonds is 6. The molecule has 0 atom stereocenters. The fourth-order valence-corrected chi connectivity index (χ4v) is 3.13. The Labute approximate surface area is 193 Å². The zero-order valence-electron chi connectivity index (χ0n) is 16.8. The maximum atomic E-state index is 12.9. The standard InChI is InChI=1S/C19H14BrN9O4/c1-10(11-2-6-13(20)7-3-11)22-24-19(30)15-16(12-4-8-14(9-5-12)29(31)32)28(27-23-15)18-17(21)25-33-26-18/h2-9H,1H3,(H2,21,25)(H,24,30). The van der Waals surface area contributed by atoms with E-state index in [0.717, 1.165) is 14.7 Å². The SMILES string of the molecule is CC(=NNC(=O)c1nnn(-c2nonc2N)c1-c1ccc([N+](=O)[O-])cc1)c1ccc(Br)cc1. The molecule has 2 aromatic carbocycles. The molecule has 0 saturated heterocycles. The summed E-state index contributed by atoms with van der Waals surface area (Å²) in [7, 11) is 0. The fraction of sp³-hybridized carbons (Fsp3) is 0.0526. The van der Waals surface area contributed by atoms with Gasteiger partial charge in [-0.1, -0.05) is 33.3 Å². The van der Waals surface area contributed by atoms with E-state index in [2.05, 4.69) is 51.7 Å². The number of non-ortho nitro benzene ring substituents is 1. The molecule has 3 N–H and O–H groups in total. The highest BCUT2D eigenvalue weighted by Crippen LogP contribution is 2.28. The van der Waals surface area contributed by atoms with Gasteiger partial charge >= 0.3 is 0 Å². The number of hydrazone groups is 1. The first-order chi connectivity index (χ1) is 15.8. The molecule has 0 radical (unpaired) electrons. The van der Waals surface area contributed by atoms with Crippen LogP contribution in [0.4, 0.5) is 11.5 Å². The molecule has 13 nitrogen and oxygen atoms in total. The molecule has 14 heteroatoms. The quantitative estimate of drug-likeness (QED) is 0.223. The highest BCUT2D eigenvalue weighted by atomic mass is 79.9. The molecular formula is C19H14BrN9O4. The van der Waals surface area contributed by atoms with E-state index >= 15 is 0 Å². The number of carbonyl (C=O) groups excluding carboxylic acids is 1. The summed E-state index contributed by atoms with van der Waals surface area (Å²) in [6, 6.07) is 12.9. The Morgan fingerprint density at radius 3 is 2.48 bits per heavy atom. The summed E-state index contributed by atoms with van der Waals surface area (Å²) in [6.07, 6.45) is 0. The van der Waals surface area contributed by atoms with Crippen molar-refractivity contribution in [2.24, 2.45) is 5.10 Å². The third-order valence-electron chi connectivity index (χ3n) is 4.52. The number of carbonyl (C=O) groups is 1. The number of aromatic nitrogens is 5. The lowest BCUT2D eigenvalue weighted by atomic mass is 10.1. The van der Waals surface area contributed by atoms with Gasteiger partial charge in [-0.2, -0.15) is 9.78 Å². The molecule has 2 heterocycles. The maximum Gasteiger partial charge on any atom is 0.294 e. The van der Waals surface area contributed by atoms with E-state index in [-0.39, 0.29) is 28.7 Å². The Morgan fingerprint density at radius 1 is 1.18 bits per heavy atom. The van der Waals surface area contributed by atoms with Crippen molar-refractivity contribution in [3.05, 3.63) is 74.4 Å². The van der Waals surface area contributed by atoms with Crippen molar-refractivity contribution in [2.75, 3.05) is 5.73 Å². The third kappa shape index (κ3) is 4.45. The van der Waals surface area contributed by atoms with Crippen molar-refractivity contribution >= 4 is 39.1 Å². The van der Waals surface area contributed by atoms with Gasteiger partial charge in [0.2, 0.25) is 11.6 Å². The van der Waals surface area contributed by atoms with E-state index < -0.39 is 10.8 Å². The Hall–Kier alpha value is -4.46. The van der Waals surface area contributed by atoms with Crippen LogP contribution in [0.1, 0.15) is 23.0 Å². The highest BCUT2D eigenvalue weighted by molar-refractivity contribution is 9.10. The largest absolute Gasteiger partial charge is 0.378 e. The van der Waals surface area contributed by atoms with Crippen LogP contribution in [0.15, 0.2) is 62.7 Å². The molecule has 0 aliphatic rings. The number of nitrogens with zero attached hydrogens (tertiary/aromatic N) is 7. The van der Waals surface area contributed by atoms with E-state index in [0.29, 0.717) is 11.3 Å². The molecule has 1 amide bonds. The molecular weight excluding hydrogens is 498 g/mol. The minimum Gasteiger partial charge on any atom is -0.378 e. The monoisotopic (exact) mass is 511 g/mol. The summed E-state index contributed by atoms with van der Waals surface area (Å²) in [4.78, 5) is 23.4. The van der Waals surface area contributed by atoms with Crippen molar-refractivity contribution in [3.63, 3.8) is 0 Å². The van der Waals surface area contributed by atoms with Gasteiger partial charge in [-0.25, -0.2) is 10.1 Å². The van der Waals surface area contributed by atoms with Crippen LogP contribution in [0.25, 0.3) is 17.1 Å². The van der Waals surface area contributed by atoms with Gasteiger partial charge in [0.15, 0.2) is 5.69 Å². The van der Waals surface area contributed by atoms with Crippen LogP contribution < -0.4 is 11.2 Å². The summed E-state index contributed by atoms with van der Waals surface area (Å²) >= 11 is 3.36. The zero-order valence-corrected chi connectivity index (χ0v) is 18.4. The minimum atomic E-state index is -0.666. The van der Waals surface area contributed by atoms with Crippen molar-refractivity contribution in [1.29, 1.82) is 0 Å². The predicted molar refractivity (Wildman–Crippen MR) is 120 cm³/mol. The third-order valence-corrected chi connectivity index (χ3v) is 5.05. The first-order valence-electron chi connectivity index (χ1n) is 9.24. The lowest BCUT2D eigenvalue weighted by Crippen LogP contribution is -2.21. The molecule has 33 heavy (non-hydrogen) atoms. The maximum absolute atomic E-state index is 12.9. The summed E-state index contributed by atoms with van der Waals surface area (Å²) < 4.78 is 6.69. The van der Waals surface area contributed by atoms with Crippen LogP contribution in [-0.4, -0.2) is 41.8 Å². The van der Waals surface area contributed by atoms with E-state index in [1.165, 1.54) is 24.3 Å². The molecule has 166 valence electrons. The first kappa shape index (κ1) is 21.8. The number of hydrogen-bond donors (Lipinski definition) is 2. The number of nitrogens with two attached hydrogens (primary N) is 1. The molecule has 0 fully saturated rings. The molecule has 0 spiro atoms. The smallest absolute Gasteiger partial charge is 0.294 e. The molecule has 0 unspecified atom stereocenters. The van der Waals surface area contributed by atoms with Gasteiger partial charge in [0.05, 0.1) is 10.6 Å². The van der Waals surface area contributed by atoms with Gasteiger partial charge in [0.1, 0.15) is 5.69 Å². The number of halogens is 1. The van der Waals surface area contributed by atoms with Crippen LogP contribution in [0.3, 0.4) is 0 Å². The summed E-state index contributed by atoms with van der Waals surface area (Å²) in [5, 5.41) is 30.2. The van der Waals surface area contributed by atoms with E-state index in [1.807, 2.05) is 24.3 Å². The number of nitro groups is 1. The minimum absolute atomic E-state index is 0.00412. The van der Waals surface area contributed by atoms with E-state index in [9.17, 15) is 14.9 Å². The summed E-state index contributed by atoms with van der Waals surface area (Å²) in [6.45, 7) is 1.74. The van der Waals surface area contributed by atoms with Crippen LogP contribution in [0.5, 0.6) is 0 Å². The summed E-state index contributed by atoms with van der Waals surface area (Å²) in [5.74, 6) is -0.746. The average Bonchev–Trinajstić information content (AvgIpc) is 3.43. The van der Waals surface area contributed by atoms with Crippen molar-refractivity contribution in [1.82, 2.24) is 30.7 Å². The van der Waals surface area contributed by atoms with Crippen molar-refractivity contribution in [3.8, 4) is 17.1 Å². The van der Waals surface area contributed by atoms with Crippen LogP contribution in [0, 0.1) is 10.1 Å². The molecule has 0 aliphatic carbocycles. The first-order valence-corrected chi connectivity index (χ1v) is 10.0. The second-order valence-corrected chi connectivity index (χ2v) is 7.54. The number of nitro benzene ring substituents is 1. The zero-order chi connectivity index (χ0) is 23.5. The topological polar surface area (TPSA) is 180 Å².